The van der Waals surface area contributed by atoms with Gasteiger partial charge in [-0.3, -0.25) is 9.69 Å². The Morgan fingerprint density at radius 2 is 1.96 bits per heavy atom. The number of hydrogen-bond donors (Lipinski definition) is 0. The fourth-order valence-electron chi connectivity index (χ4n) is 3.47. The number of benzene rings is 1. The van der Waals surface area contributed by atoms with Gasteiger partial charge in [-0.15, -0.1) is 0 Å². The van der Waals surface area contributed by atoms with Crippen LogP contribution in [0, 0.1) is 6.92 Å². The van der Waals surface area contributed by atoms with Gasteiger partial charge in [0.1, 0.15) is 17.0 Å². The van der Waals surface area contributed by atoms with E-state index in [1.54, 1.807) is 19.2 Å². The van der Waals surface area contributed by atoms with Crippen molar-refractivity contribution in [1.82, 2.24) is 24.5 Å². The van der Waals surface area contributed by atoms with E-state index in [1.807, 2.05) is 35.6 Å². The number of rotatable bonds is 5. The lowest BCUT2D eigenvalue weighted by Gasteiger charge is -2.34. The van der Waals surface area contributed by atoms with Crippen molar-refractivity contribution in [2.75, 3.05) is 32.7 Å². The summed E-state index contributed by atoms with van der Waals surface area (Å²) in [5.74, 6) is 0.463. The zero-order valence-corrected chi connectivity index (χ0v) is 16.5. The first-order chi connectivity index (χ1) is 13.6. The first-order valence-corrected chi connectivity index (χ1v) is 9.70. The number of nitrogens with zero attached hydrogens (tertiary/aromatic N) is 5. The molecule has 1 aromatic carbocycles. The van der Waals surface area contributed by atoms with Gasteiger partial charge in [-0.1, -0.05) is 35.0 Å². The predicted octanol–water partition coefficient (Wildman–Crippen LogP) is 2.96. The van der Waals surface area contributed by atoms with Gasteiger partial charge < -0.3 is 14.0 Å². The SMILES string of the molecule is Cc1onc(-c2ccccc2Cl)c1C(=O)N1CCN(CCn2ccnc2)CC1. The van der Waals surface area contributed by atoms with Gasteiger partial charge in [0.25, 0.3) is 5.91 Å². The summed E-state index contributed by atoms with van der Waals surface area (Å²) in [6.07, 6.45) is 5.57. The highest BCUT2D eigenvalue weighted by atomic mass is 35.5. The van der Waals surface area contributed by atoms with Gasteiger partial charge in [-0.25, -0.2) is 4.98 Å². The molecule has 146 valence electrons. The van der Waals surface area contributed by atoms with Gasteiger partial charge in [-0.2, -0.15) is 0 Å². The largest absolute Gasteiger partial charge is 0.360 e. The number of carbonyl (C=O) groups excluding carboxylic acids is 1. The summed E-state index contributed by atoms with van der Waals surface area (Å²) in [5, 5.41) is 4.66. The van der Waals surface area contributed by atoms with Crippen LogP contribution < -0.4 is 0 Å². The topological polar surface area (TPSA) is 67.4 Å². The van der Waals surface area contributed by atoms with Crippen LogP contribution in [0.3, 0.4) is 0 Å². The third-order valence-electron chi connectivity index (χ3n) is 5.10. The Morgan fingerprint density at radius 1 is 1.18 bits per heavy atom. The number of piperazine rings is 1. The van der Waals surface area contributed by atoms with Crippen LogP contribution in [-0.4, -0.2) is 63.1 Å². The van der Waals surface area contributed by atoms with Crippen LogP contribution >= 0.6 is 11.6 Å². The van der Waals surface area contributed by atoms with Crippen LogP contribution in [-0.2, 0) is 6.54 Å². The Kier molecular flexibility index (Phi) is 5.45. The summed E-state index contributed by atoms with van der Waals surface area (Å²) < 4.78 is 7.41. The van der Waals surface area contributed by atoms with Crippen LogP contribution in [0.2, 0.25) is 5.02 Å². The average molecular weight is 400 g/mol. The highest BCUT2D eigenvalue weighted by molar-refractivity contribution is 6.33. The van der Waals surface area contributed by atoms with E-state index in [-0.39, 0.29) is 5.91 Å². The minimum Gasteiger partial charge on any atom is -0.360 e. The predicted molar refractivity (Wildman–Crippen MR) is 106 cm³/mol. The minimum absolute atomic E-state index is 0.0528. The molecular formula is C20H22ClN5O2. The molecule has 1 aliphatic heterocycles. The van der Waals surface area contributed by atoms with Gasteiger partial charge in [0.05, 0.1) is 11.3 Å². The number of carbonyl (C=O) groups is 1. The lowest BCUT2D eigenvalue weighted by Crippen LogP contribution is -2.49. The number of aromatic nitrogens is 3. The molecule has 0 spiro atoms. The molecule has 0 unspecified atom stereocenters. The molecule has 0 bridgehead atoms. The van der Waals surface area contributed by atoms with Gasteiger partial charge in [0, 0.05) is 57.2 Å². The number of amides is 1. The molecule has 7 nitrogen and oxygen atoms in total. The number of imidazole rings is 1. The molecule has 0 atom stereocenters. The summed E-state index contributed by atoms with van der Waals surface area (Å²) in [4.78, 5) is 21.5. The summed E-state index contributed by atoms with van der Waals surface area (Å²) in [7, 11) is 0. The zero-order valence-electron chi connectivity index (χ0n) is 15.7. The molecule has 1 aliphatic rings. The van der Waals surface area contributed by atoms with Gasteiger partial charge in [0.15, 0.2) is 0 Å². The molecule has 4 rings (SSSR count). The lowest BCUT2D eigenvalue weighted by atomic mass is 10.0. The molecule has 1 fully saturated rings. The van der Waals surface area contributed by atoms with Crippen molar-refractivity contribution in [2.24, 2.45) is 0 Å². The van der Waals surface area contributed by atoms with Gasteiger partial charge in [0.2, 0.25) is 0 Å². The summed E-state index contributed by atoms with van der Waals surface area (Å²) >= 11 is 6.31. The smallest absolute Gasteiger partial charge is 0.259 e. The Labute approximate surface area is 168 Å². The fraction of sp³-hybridized carbons (Fsp3) is 0.350. The minimum atomic E-state index is -0.0528. The maximum absolute atomic E-state index is 13.2. The zero-order chi connectivity index (χ0) is 19.5. The summed E-state index contributed by atoms with van der Waals surface area (Å²) in [5.41, 5.74) is 1.72. The summed E-state index contributed by atoms with van der Waals surface area (Å²) in [6.45, 7) is 6.63. The third kappa shape index (κ3) is 3.81. The van der Waals surface area contributed by atoms with E-state index in [2.05, 4.69) is 19.6 Å². The molecule has 28 heavy (non-hydrogen) atoms. The first kappa shape index (κ1) is 18.7. The van der Waals surface area contributed by atoms with Gasteiger partial charge in [-0.05, 0) is 13.0 Å². The van der Waals surface area contributed by atoms with Crippen LogP contribution in [0.4, 0.5) is 0 Å². The van der Waals surface area contributed by atoms with Gasteiger partial charge >= 0.3 is 0 Å². The Balaban J connectivity index is 1.43. The van der Waals surface area contributed by atoms with Crippen molar-refractivity contribution < 1.29 is 9.32 Å². The number of halogens is 1. The quantitative estimate of drug-likeness (QED) is 0.659. The highest BCUT2D eigenvalue weighted by Crippen LogP contribution is 2.31. The molecule has 1 amide bonds. The normalized spacial score (nSPS) is 15.1. The third-order valence-corrected chi connectivity index (χ3v) is 5.43. The van der Waals surface area contributed by atoms with Crippen molar-refractivity contribution in [2.45, 2.75) is 13.5 Å². The Hall–Kier alpha value is -2.64. The van der Waals surface area contributed by atoms with E-state index in [9.17, 15) is 4.79 Å². The van der Waals surface area contributed by atoms with E-state index in [0.717, 1.165) is 26.2 Å². The second-order valence-corrected chi connectivity index (χ2v) is 7.28. The van der Waals surface area contributed by atoms with Crippen molar-refractivity contribution >= 4 is 17.5 Å². The van der Waals surface area contributed by atoms with E-state index in [1.165, 1.54) is 0 Å². The molecular weight excluding hydrogens is 378 g/mol. The van der Waals surface area contributed by atoms with E-state index in [4.69, 9.17) is 16.1 Å². The molecule has 3 heterocycles. The fourth-order valence-corrected chi connectivity index (χ4v) is 3.69. The summed E-state index contributed by atoms with van der Waals surface area (Å²) in [6, 6.07) is 7.36. The molecule has 2 aromatic heterocycles. The molecule has 0 radical (unpaired) electrons. The second-order valence-electron chi connectivity index (χ2n) is 6.88. The monoisotopic (exact) mass is 399 g/mol. The van der Waals surface area contributed by atoms with Crippen LogP contribution in [0.5, 0.6) is 0 Å². The van der Waals surface area contributed by atoms with Crippen molar-refractivity contribution in [3.8, 4) is 11.3 Å². The van der Waals surface area contributed by atoms with Crippen molar-refractivity contribution in [3.05, 3.63) is 59.3 Å². The Morgan fingerprint density at radius 3 is 2.68 bits per heavy atom. The number of hydrogen-bond acceptors (Lipinski definition) is 5. The van der Waals surface area contributed by atoms with Crippen LogP contribution in [0.1, 0.15) is 16.1 Å². The molecule has 0 saturated carbocycles. The molecule has 1 saturated heterocycles. The second kappa shape index (κ2) is 8.16. The van der Waals surface area contributed by atoms with Crippen molar-refractivity contribution in [3.63, 3.8) is 0 Å². The van der Waals surface area contributed by atoms with E-state index < -0.39 is 0 Å². The highest BCUT2D eigenvalue weighted by Gasteiger charge is 2.29. The molecule has 3 aromatic rings. The maximum Gasteiger partial charge on any atom is 0.259 e. The standard InChI is InChI=1S/C20H22ClN5O2/c1-15-18(19(23-28-15)16-4-2-3-5-17(16)21)20(27)26-12-10-24(11-13-26)8-9-25-7-6-22-14-25/h2-7,14H,8-13H2,1H3. The lowest BCUT2D eigenvalue weighted by molar-refractivity contribution is 0.0632. The van der Waals surface area contributed by atoms with Crippen LogP contribution in [0.15, 0.2) is 47.5 Å². The van der Waals surface area contributed by atoms with Crippen LogP contribution in [0.25, 0.3) is 11.3 Å². The molecule has 0 N–H and O–H groups in total. The van der Waals surface area contributed by atoms with E-state index in [0.29, 0.717) is 40.7 Å². The van der Waals surface area contributed by atoms with Crippen molar-refractivity contribution in [1.29, 1.82) is 0 Å². The Bertz CT molecular complexity index is 945. The first-order valence-electron chi connectivity index (χ1n) is 9.32. The maximum atomic E-state index is 13.2. The van der Waals surface area contributed by atoms with E-state index >= 15 is 0 Å². The molecule has 8 heteroatoms. The number of aryl methyl sites for hydroxylation is 1. The molecule has 0 aliphatic carbocycles. The average Bonchev–Trinajstić information content (AvgIpc) is 3.36.